The fourth-order valence-electron chi connectivity index (χ4n) is 4.54. The van der Waals surface area contributed by atoms with Gasteiger partial charge in [-0.05, 0) is 25.8 Å². The van der Waals surface area contributed by atoms with Crippen LogP contribution in [-0.2, 0) is 9.59 Å². The number of hydrazine groups is 1. The lowest BCUT2D eigenvalue weighted by atomic mass is 9.81. The Kier molecular flexibility index (Phi) is 6.04. The molecule has 2 aliphatic rings. The van der Waals surface area contributed by atoms with Gasteiger partial charge < -0.3 is 0 Å². The minimum absolute atomic E-state index is 0.297. The molecule has 0 bridgehead atoms. The monoisotopic (exact) mass is 449 g/mol. The number of aryl methyl sites for hydroxylation is 1. The number of amides is 3. The van der Waals surface area contributed by atoms with E-state index in [1.165, 1.54) is 24.3 Å². The maximum Gasteiger partial charge on any atom is 0.282 e. The number of nitro groups is 1. The molecule has 1 heterocycles. The number of carbonyl (C=O) groups is 4. The zero-order chi connectivity index (χ0) is 23.7. The van der Waals surface area contributed by atoms with Crippen LogP contribution in [0.25, 0.3) is 0 Å². The number of Topliss-reactive ketones (excluding diaryl/α,β-unsaturated/α-hetero) is 1. The molecule has 33 heavy (non-hydrogen) atoms. The zero-order valence-corrected chi connectivity index (χ0v) is 18.1. The highest BCUT2D eigenvalue weighted by Gasteiger charge is 2.52. The van der Waals surface area contributed by atoms with Crippen LogP contribution in [0.5, 0.6) is 0 Å². The topological polar surface area (TPSA) is 118 Å². The van der Waals surface area contributed by atoms with Crippen molar-refractivity contribution in [3.8, 4) is 0 Å². The highest BCUT2D eigenvalue weighted by atomic mass is 16.6. The molecule has 170 valence electrons. The molecule has 0 N–H and O–H groups in total. The molecule has 1 saturated heterocycles. The van der Waals surface area contributed by atoms with Gasteiger partial charge in [-0.15, -0.1) is 0 Å². The molecule has 2 atom stereocenters. The summed E-state index contributed by atoms with van der Waals surface area (Å²) in [5, 5.41) is 13.0. The first-order valence-electron chi connectivity index (χ1n) is 10.8. The van der Waals surface area contributed by atoms with E-state index in [1.807, 2.05) is 6.92 Å². The van der Waals surface area contributed by atoms with Crippen LogP contribution < -0.4 is 0 Å². The van der Waals surface area contributed by atoms with Crippen LogP contribution in [0.15, 0.2) is 48.5 Å². The van der Waals surface area contributed by atoms with E-state index in [-0.39, 0.29) is 5.56 Å². The molecule has 2 aromatic rings. The van der Waals surface area contributed by atoms with Crippen LogP contribution in [0, 0.1) is 28.9 Å². The molecule has 2 fully saturated rings. The average Bonchev–Trinajstić information content (AvgIpc) is 3.07. The van der Waals surface area contributed by atoms with Crippen LogP contribution in [0.1, 0.15) is 52.0 Å². The third-order valence-electron chi connectivity index (χ3n) is 6.29. The first kappa shape index (κ1) is 22.3. The summed E-state index contributed by atoms with van der Waals surface area (Å²) in [5.74, 6) is -3.58. The number of nitro benzene ring substituents is 1. The molecule has 2 unspecified atom stereocenters. The molecule has 0 spiro atoms. The third-order valence-corrected chi connectivity index (χ3v) is 6.29. The van der Waals surface area contributed by atoms with Crippen molar-refractivity contribution in [3.05, 3.63) is 75.3 Å². The summed E-state index contributed by atoms with van der Waals surface area (Å²) in [7, 11) is 0. The molecule has 9 nitrogen and oxygen atoms in total. The van der Waals surface area contributed by atoms with Gasteiger partial charge in [-0.1, -0.05) is 54.8 Å². The number of rotatable bonds is 6. The Morgan fingerprint density at radius 2 is 1.58 bits per heavy atom. The highest BCUT2D eigenvalue weighted by molar-refractivity contribution is 6.10. The summed E-state index contributed by atoms with van der Waals surface area (Å²) in [4.78, 5) is 63.7. The van der Waals surface area contributed by atoms with Crippen LogP contribution >= 0.6 is 0 Å². The minimum atomic E-state index is -0.942. The summed E-state index contributed by atoms with van der Waals surface area (Å²) in [6.45, 7) is 1.27. The van der Waals surface area contributed by atoms with E-state index in [0.717, 1.165) is 28.4 Å². The van der Waals surface area contributed by atoms with Gasteiger partial charge in [-0.2, -0.15) is 5.01 Å². The molecular formula is C24H23N3O6. The summed E-state index contributed by atoms with van der Waals surface area (Å²) < 4.78 is 0. The van der Waals surface area contributed by atoms with E-state index < -0.39 is 52.5 Å². The van der Waals surface area contributed by atoms with Crippen molar-refractivity contribution in [2.45, 2.75) is 32.6 Å². The summed E-state index contributed by atoms with van der Waals surface area (Å²) in [5.41, 5.74) is 0.479. The SMILES string of the molecule is Cc1ccc(C(=O)CN(C(=O)c2ccccc2[N+](=O)[O-])N2C(=O)C3CCCCC3C2=O)cc1. The van der Waals surface area contributed by atoms with Gasteiger partial charge in [0.15, 0.2) is 5.78 Å². The Bertz CT molecular complexity index is 1120. The number of nitrogens with zero attached hydrogens (tertiary/aromatic N) is 3. The van der Waals surface area contributed by atoms with Gasteiger partial charge in [-0.25, -0.2) is 5.01 Å². The largest absolute Gasteiger partial charge is 0.292 e. The second-order valence-corrected chi connectivity index (χ2v) is 8.41. The predicted molar refractivity (Wildman–Crippen MR) is 117 cm³/mol. The second-order valence-electron chi connectivity index (χ2n) is 8.41. The van der Waals surface area contributed by atoms with E-state index in [9.17, 15) is 29.3 Å². The number of ketones is 1. The quantitative estimate of drug-likeness (QED) is 0.289. The molecule has 2 aromatic carbocycles. The van der Waals surface area contributed by atoms with Crippen LogP contribution in [0.3, 0.4) is 0 Å². The van der Waals surface area contributed by atoms with E-state index in [4.69, 9.17) is 0 Å². The Balaban J connectivity index is 1.74. The lowest BCUT2D eigenvalue weighted by Crippen LogP contribution is -2.52. The van der Waals surface area contributed by atoms with E-state index in [1.54, 1.807) is 24.3 Å². The van der Waals surface area contributed by atoms with Crippen molar-refractivity contribution < 1.29 is 24.1 Å². The summed E-state index contributed by atoms with van der Waals surface area (Å²) in [6, 6.07) is 12.0. The molecule has 1 saturated carbocycles. The fourth-order valence-corrected chi connectivity index (χ4v) is 4.54. The number of fused-ring (bicyclic) bond motifs is 1. The maximum atomic E-state index is 13.5. The first-order chi connectivity index (χ1) is 15.8. The number of hydrogen-bond acceptors (Lipinski definition) is 6. The van der Waals surface area contributed by atoms with Crippen LogP contribution in [0.2, 0.25) is 0 Å². The number of carbonyl (C=O) groups excluding carboxylic acids is 4. The molecular weight excluding hydrogens is 426 g/mol. The van der Waals surface area contributed by atoms with E-state index in [2.05, 4.69) is 0 Å². The van der Waals surface area contributed by atoms with Gasteiger partial charge in [-0.3, -0.25) is 29.3 Å². The first-order valence-corrected chi connectivity index (χ1v) is 10.8. The molecule has 9 heteroatoms. The Morgan fingerprint density at radius 1 is 1.00 bits per heavy atom. The Labute approximate surface area is 190 Å². The van der Waals surface area contributed by atoms with Crippen molar-refractivity contribution in [3.63, 3.8) is 0 Å². The lowest BCUT2D eigenvalue weighted by Gasteiger charge is -2.30. The Hall–Kier alpha value is -3.88. The average molecular weight is 449 g/mol. The molecule has 3 amide bonds. The Morgan fingerprint density at radius 3 is 2.15 bits per heavy atom. The number of para-hydroxylation sites is 1. The van der Waals surface area contributed by atoms with Crippen molar-refractivity contribution in [1.82, 2.24) is 10.0 Å². The van der Waals surface area contributed by atoms with Crippen molar-refractivity contribution >= 4 is 29.2 Å². The maximum absolute atomic E-state index is 13.5. The summed E-state index contributed by atoms with van der Waals surface area (Å²) >= 11 is 0. The van der Waals surface area contributed by atoms with Gasteiger partial charge in [0, 0.05) is 11.6 Å². The predicted octanol–water partition coefficient (Wildman–Crippen LogP) is 3.32. The number of benzene rings is 2. The molecule has 1 aliphatic carbocycles. The zero-order valence-electron chi connectivity index (χ0n) is 18.1. The third kappa shape index (κ3) is 4.13. The van der Waals surface area contributed by atoms with Gasteiger partial charge in [0.2, 0.25) is 0 Å². The molecule has 0 radical (unpaired) electrons. The van der Waals surface area contributed by atoms with Crippen LogP contribution in [0.4, 0.5) is 5.69 Å². The molecule has 0 aromatic heterocycles. The standard InChI is InChI=1S/C24H23N3O6/c1-15-10-12-16(13-11-15)21(28)14-25(22(29)19-8-4-5-9-20(19)27(32)33)26-23(30)17-6-2-3-7-18(17)24(26)31/h4-5,8-13,17-18H,2-3,6-7,14H2,1H3. The molecule has 1 aliphatic heterocycles. The van der Waals surface area contributed by atoms with E-state index in [0.29, 0.717) is 18.4 Å². The smallest absolute Gasteiger partial charge is 0.282 e. The lowest BCUT2D eigenvalue weighted by molar-refractivity contribution is -0.385. The fraction of sp³-hybridized carbons (Fsp3) is 0.333. The molecule has 4 rings (SSSR count). The highest BCUT2D eigenvalue weighted by Crippen LogP contribution is 2.39. The second kappa shape index (κ2) is 8.93. The summed E-state index contributed by atoms with van der Waals surface area (Å²) in [6.07, 6.45) is 2.67. The number of imide groups is 1. The van der Waals surface area contributed by atoms with Crippen molar-refractivity contribution in [2.24, 2.45) is 11.8 Å². The van der Waals surface area contributed by atoms with E-state index >= 15 is 0 Å². The number of hydrogen-bond donors (Lipinski definition) is 0. The van der Waals surface area contributed by atoms with Gasteiger partial charge in [0.1, 0.15) is 12.1 Å². The van der Waals surface area contributed by atoms with Gasteiger partial charge >= 0.3 is 0 Å². The van der Waals surface area contributed by atoms with Crippen molar-refractivity contribution in [2.75, 3.05) is 6.54 Å². The van der Waals surface area contributed by atoms with Crippen LogP contribution in [-0.4, -0.2) is 45.0 Å². The normalized spacial score (nSPS) is 19.8. The van der Waals surface area contributed by atoms with Crippen molar-refractivity contribution in [1.29, 1.82) is 0 Å². The minimum Gasteiger partial charge on any atom is -0.292 e. The van der Waals surface area contributed by atoms with Gasteiger partial charge in [0.25, 0.3) is 23.4 Å². The van der Waals surface area contributed by atoms with Gasteiger partial charge in [0.05, 0.1) is 16.8 Å².